The summed E-state index contributed by atoms with van der Waals surface area (Å²) < 4.78 is 2.05. The van der Waals surface area contributed by atoms with Crippen molar-refractivity contribution < 1.29 is 0 Å². The van der Waals surface area contributed by atoms with Crippen LogP contribution in [0.4, 0.5) is 0 Å². The lowest BCUT2D eigenvalue weighted by Gasteiger charge is -1.96. The van der Waals surface area contributed by atoms with Crippen molar-refractivity contribution in [1.82, 2.24) is 9.38 Å². The van der Waals surface area contributed by atoms with Gasteiger partial charge in [0.05, 0.1) is 0 Å². The van der Waals surface area contributed by atoms with Crippen LogP contribution in [0.1, 0.15) is 0 Å². The fourth-order valence-electron chi connectivity index (χ4n) is 1.38. The third-order valence-corrected chi connectivity index (χ3v) is 4.09. The maximum Gasteiger partial charge on any atom is 0.137 e. The number of benzene rings is 1. The summed E-state index contributed by atoms with van der Waals surface area (Å²) in [6.45, 7) is 0. The Bertz CT molecular complexity index is 568. The molecule has 0 aliphatic rings. The quantitative estimate of drug-likeness (QED) is 0.672. The van der Waals surface area contributed by atoms with Gasteiger partial charge in [-0.3, -0.25) is 4.40 Å². The van der Waals surface area contributed by atoms with E-state index in [9.17, 15) is 0 Å². The first-order valence-electron chi connectivity index (χ1n) is 4.56. The fraction of sp³-hybridized carbons (Fsp3) is 0. The monoisotopic (exact) mass is 232 g/mol. The fourth-order valence-corrected chi connectivity index (χ4v) is 3.16. The van der Waals surface area contributed by atoms with Gasteiger partial charge in [0.25, 0.3) is 0 Å². The van der Waals surface area contributed by atoms with Gasteiger partial charge in [-0.2, -0.15) is 0 Å². The number of aromatic nitrogens is 2. The molecule has 0 saturated heterocycles. The van der Waals surface area contributed by atoms with E-state index in [0.717, 1.165) is 5.03 Å². The summed E-state index contributed by atoms with van der Waals surface area (Å²) in [7, 11) is 0. The first-order valence-corrected chi connectivity index (χ1v) is 6.26. The van der Waals surface area contributed by atoms with Gasteiger partial charge in [0.2, 0.25) is 0 Å². The van der Waals surface area contributed by atoms with Gasteiger partial charge >= 0.3 is 0 Å². The molecule has 0 aliphatic carbocycles. The lowest BCUT2D eigenvalue weighted by Crippen LogP contribution is -1.72. The predicted molar refractivity (Wildman–Crippen MR) is 63.6 cm³/mol. The highest BCUT2D eigenvalue weighted by atomic mass is 32.2. The number of rotatable bonds is 2. The minimum Gasteiger partial charge on any atom is -0.296 e. The molecule has 0 saturated carbocycles. The molecule has 2 nitrogen and oxygen atoms in total. The van der Waals surface area contributed by atoms with Crippen molar-refractivity contribution in [3.8, 4) is 0 Å². The second-order valence-electron chi connectivity index (χ2n) is 3.08. The van der Waals surface area contributed by atoms with E-state index >= 15 is 0 Å². The average Bonchev–Trinajstić information content (AvgIpc) is 2.85. The van der Waals surface area contributed by atoms with E-state index < -0.39 is 0 Å². The molecule has 0 bridgehead atoms. The van der Waals surface area contributed by atoms with Gasteiger partial charge in [0, 0.05) is 16.5 Å². The summed E-state index contributed by atoms with van der Waals surface area (Å²) in [4.78, 5) is 6.83. The van der Waals surface area contributed by atoms with Crippen LogP contribution in [-0.4, -0.2) is 9.38 Å². The number of hydrogen-bond acceptors (Lipinski definition) is 3. The highest BCUT2D eigenvalue weighted by Crippen LogP contribution is 2.31. The lowest BCUT2D eigenvalue weighted by molar-refractivity contribution is 1.15. The number of hydrogen-bond donors (Lipinski definition) is 0. The van der Waals surface area contributed by atoms with Gasteiger partial charge in [0.1, 0.15) is 16.2 Å². The number of nitrogens with zero attached hydrogens (tertiary/aromatic N) is 2. The lowest BCUT2D eigenvalue weighted by atomic mass is 10.4. The first kappa shape index (κ1) is 9.00. The van der Waals surface area contributed by atoms with Gasteiger partial charge in [0.15, 0.2) is 0 Å². The number of imidazole rings is 1. The summed E-state index contributed by atoms with van der Waals surface area (Å²) >= 11 is 3.43. The van der Waals surface area contributed by atoms with Crippen LogP contribution in [-0.2, 0) is 0 Å². The third kappa shape index (κ3) is 1.66. The van der Waals surface area contributed by atoms with Gasteiger partial charge in [-0.05, 0) is 12.1 Å². The Hall–Kier alpha value is -1.26. The van der Waals surface area contributed by atoms with Gasteiger partial charge in [-0.15, -0.1) is 11.3 Å². The highest BCUT2D eigenvalue weighted by Gasteiger charge is 2.06. The molecule has 0 atom stereocenters. The Labute approximate surface area is 95.6 Å². The van der Waals surface area contributed by atoms with Crippen LogP contribution in [0.2, 0.25) is 0 Å². The molecule has 2 heterocycles. The first-order chi connectivity index (χ1) is 7.43. The maximum absolute atomic E-state index is 4.39. The zero-order valence-electron chi connectivity index (χ0n) is 7.83. The molecule has 0 N–H and O–H groups in total. The molecule has 2 aromatic heterocycles. The summed E-state index contributed by atoms with van der Waals surface area (Å²) in [5, 5.41) is 3.16. The Kier molecular flexibility index (Phi) is 2.23. The van der Waals surface area contributed by atoms with Gasteiger partial charge in [-0.1, -0.05) is 30.0 Å². The van der Waals surface area contributed by atoms with E-state index in [1.165, 1.54) is 9.73 Å². The van der Waals surface area contributed by atoms with Crippen molar-refractivity contribution in [2.45, 2.75) is 9.92 Å². The summed E-state index contributed by atoms with van der Waals surface area (Å²) in [6, 6.07) is 10.3. The normalized spacial score (nSPS) is 10.9. The molecule has 0 radical (unpaired) electrons. The SMILES string of the molecule is c1ccc(Sc2ncn3ccsc23)cc1. The van der Waals surface area contributed by atoms with E-state index in [0.29, 0.717) is 0 Å². The molecule has 0 aliphatic heterocycles. The standard InChI is InChI=1S/C11H8N2S2/c1-2-4-9(5-3-1)15-10-11-13(8-12-10)6-7-14-11/h1-8H. The topological polar surface area (TPSA) is 17.3 Å². The maximum atomic E-state index is 4.39. The van der Waals surface area contributed by atoms with Crippen LogP contribution >= 0.6 is 23.1 Å². The molecule has 3 aromatic rings. The largest absolute Gasteiger partial charge is 0.296 e. The summed E-state index contributed by atoms with van der Waals surface area (Å²) in [5.74, 6) is 0. The van der Waals surface area contributed by atoms with Crippen LogP contribution in [0, 0.1) is 0 Å². The van der Waals surface area contributed by atoms with Crippen molar-refractivity contribution in [2.24, 2.45) is 0 Å². The van der Waals surface area contributed by atoms with Crippen LogP contribution < -0.4 is 0 Å². The Morgan fingerprint density at radius 2 is 2.07 bits per heavy atom. The van der Waals surface area contributed by atoms with Crippen LogP contribution in [0.25, 0.3) is 4.83 Å². The number of thiazole rings is 1. The highest BCUT2D eigenvalue weighted by molar-refractivity contribution is 7.99. The van der Waals surface area contributed by atoms with E-state index in [2.05, 4.69) is 26.9 Å². The number of fused-ring (bicyclic) bond motifs is 1. The molecule has 74 valence electrons. The van der Waals surface area contributed by atoms with Crippen molar-refractivity contribution in [1.29, 1.82) is 0 Å². The zero-order valence-corrected chi connectivity index (χ0v) is 9.46. The average molecular weight is 232 g/mol. The molecule has 0 fully saturated rings. The second-order valence-corrected chi connectivity index (χ2v) is 5.04. The van der Waals surface area contributed by atoms with E-state index in [4.69, 9.17) is 0 Å². The minimum atomic E-state index is 1.08. The van der Waals surface area contributed by atoms with Crippen molar-refractivity contribution in [3.63, 3.8) is 0 Å². The van der Waals surface area contributed by atoms with Crippen molar-refractivity contribution in [3.05, 3.63) is 48.2 Å². The van der Waals surface area contributed by atoms with Crippen molar-refractivity contribution >= 4 is 27.9 Å². The minimum absolute atomic E-state index is 1.08. The zero-order chi connectivity index (χ0) is 10.1. The molecular weight excluding hydrogens is 224 g/mol. The van der Waals surface area contributed by atoms with Gasteiger partial charge < -0.3 is 0 Å². The second kappa shape index (κ2) is 3.72. The summed E-state index contributed by atoms with van der Waals surface area (Å²) in [5.41, 5.74) is 0. The Balaban J connectivity index is 1.99. The Morgan fingerprint density at radius 1 is 1.20 bits per heavy atom. The molecular formula is C11H8N2S2. The smallest absolute Gasteiger partial charge is 0.137 e. The molecule has 4 heteroatoms. The van der Waals surface area contributed by atoms with E-state index in [1.807, 2.05) is 30.7 Å². The Morgan fingerprint density at radius 3 is 2.93 bits per heavy atom. The van der Waals surface area contributed by atoms with Crippen LogP contribution in [0.5, 0.6) is 0 Å². The van der Waals surface area contributed by atoms with Crippen LogP contribution in [0.3, 0.4) is 0 Å². The van der Waals surface area contributed by atoms with Crippen molar-refractivity contribution in [2.75, 3.05) is 0 Å². The molecule has 1 aromatic carbocycles. The van der Waals surface area contributed by atoms with Gasteiger partial charge in [-0.25, -0.2) is 4.98 Å². The molecule has 0 amide bonds. The third-order valence-electron chi connectivity index (χ3n) is 2.08. The van der Waals surface area contributed by atoms with E-state index in [1.54, 1.807) is 23.1 Å². The molecule has 15 heavy (non-hydrogen) atoms. The predicted octanol–water partition coefficient (Wildman–Crippen LogP) is 3.55. The molecule has 0 spiro atoms. The van der Waals surface area contributed by atoms with Crippen LogP contribution in [0.15, 0.2) is 58.2 Å². The summed E-state index contributed by atoms with van der Waals surface area (Å²) in [6.07, 6.45) is 3.89. The molecule has 0 unspecified atom stereocenters. The van der Waals surface area contributed by atoms with E-state index in [-0.39, 0.29) is 0 Å². The molecule has 3 rings (SSSR count).